The summed E-state index contributed by atoms with van der Waals surface area (Å²) in [5.74, 6) is 0. The Morgan fingerprint density at radius 1 is 1.44 bits per heavy atom. The Balaban J connectivity index is 2.26. The molecule has 0 amide bonds. The van der Waals surface area contributed by atoms with Crippen LogP contribution in [-0.4, -0.2) is 41.5 Å². The minimum Gasteiger partial charge on any atom is -0.390 e. The highest BCUT2D eigenvalue weighted by molar-refractivity contribution is 7.89. The van der Waals surface area contributed by atoms with Crippen molar-refractivity contribution < 1.29 is 13.5 Å². The summed E-state index contributed by atoms with van der Waals surface area (Å²) in [6.45, 7) is 2.30. The van der Waals surface area contributed by atoms with Crippen molar-refractivity contribution in [3.05, 3.63) is 23.5 Å². The number of nitrogens with zero attached hydrogens (tertiary/aromatic N) is 2. The number of piperidine rings is 1. The van der Waals surface area contributed by atoms with Gasteiger partial charge in [0.25, 0.3) is 0 Å². The first kappa shape index (κ1) is 13.7. The predicted octanol–water partition coefficient (Wildman–Crippen LogP) is 1.27. The van der Waals surface area contributed by atoms with Crippen LogP contribution in [0.2, 0.25) is 5.02 Å². The van der Waals surface area contributed by atoms with Gasteiger partial charge in [0.05, 0.1) is 10.6 Å². The molecule has 18 heavy (non-hydrogen) atoms. The Bertz CT molecular complexity index is 535. The lowest BCUT2D eigenvalue weighted by molar-refractivity contribution is 0.0126. The number of hydrogen-bond acceptors (Lipinski definition) is 4. The molecule has 1 fully saturated rings. The van der Waals surface area contributed by atoms with Crippen LogP contribution in [0.5, 0.6) is 0 Å². The summed E-state index contributed by atoms with van der Waals surface area (Å²) in [5, 5.41) is 9.99. The van der Waals surface area contributed by atoms with E-state index < -0.39 is 15.6 Å². The van der Waals surface area contributed by atoms with Crippen molar-refractivity contribution in [2.45, 2.75) is 30.3 Å². The summed E-state index contributed by atoms with van der Waals surface area (Å²) in [6, 6.07) is 1.45. The molecule has 7 heteroatoms. The van der Waals surface area contributed by atoms with Crippen LogP contribution in [0.15, 0.2) is 23.4 Å². The molecule has 0 unspecified atom stereocenters. The molecule has 1 aromatic rings. The Kier molecular flexibility index (Phi) is 3.64. The molecule has 1 N–H and O–H groups in total. The lowest BCUT2D eigenvalue weighted by Crippen LogP contribution is -2.45. The maximum atomic E-state index is 12.3. The lowest BCUT2D eigenvalue weighted by atomic mass is 9.95. The van der Waals surface area contributed by atoms with E-state index in [1.807, 2.05) is 0 Å². The molecule has 0 aromatic carbocycles. The summed E-state index contributed by atoms with van der Waals surface area (Å²) >= 11 is 5.89. The van der Waals surface area contributed by atoms with Crippen molar-refractivity contribution in [3.8, 4) is 0 Å². The molecule has 0 bridgehead atoms. The summed E-state index contributed by atoms with van der Waals surface area (Å²) < 4.78 is 26.0. The summed E-state index contributed by atoms with van der Waals surface area (Å²) in [7, 11) is -3.62. The fraction of sp³-hybridized carbons (Fsp3) is 0.545. The molecule has 0 spiro atoms. The van der Waals surface area contributed by atoms with E-state index in [9.17, 15) is 13.5 Å². The zero-order valence-electron chi connectivity index (χ0n) is 10.0. The van der Waals surface area contributed by atoms with Gasteiger partial charge in [-0.2, -0.15) is 4.31 Å². The number of aliphatic hydroxyl groups is 1. The zero-order chi connectivity index (χ0) is 13.4. The fourth-order valence-corrected chi connectivity index (χ4v) is 3.75. The number of aromatic nitrogens is 1. The predicted molar refractivity (Wildman–Crippen MR) is 67.9 cm³/mol. The molecule has 1 aliphatic rings. The standard InChI is InChI=1S/C11H15ClN2O3S/c1-11(15)3-6-14(7-4-11)18(16,17)10-8-13-5-2-9(10)12/h2,5,8,15H,3-4,6-7H2,1H3. The number of sulfonamides is 1. The summed E-state index contributed by atoms with van der Waals surface area (Å²) in [4.78, 5) is 3.82. The molecule has 2 heterocycles. The van der Waals surface area contributed by atoms with Crippen LogP contribution in [-0.2, 0) is 10.0 Å². The van der Waals surface area contributed by atoms with E-state index in [2.05, 4.69) is 4.98 Å². The van der Waals surface area contributed by atoms with E-state index in [0.29, 0.717) is 25.9 Å². The maximum absolute atomic E-state index is 12.3. The zero-order valence-corrected chi connectivity index (χ0v) is 11.6. The second kappa shape index (κ2) is 4.77. The summed E-state index contributed by atoms with van der Waals surface area (Å²) in [6.07, 6.45) is 3.54. The first-order valence-electron chi connectivity index (χ1n) is 5.65. The van der Waals surface area contributed by atoms with Crippen LogP contribution in [0.3, 0.4) is 0 Å². The minimum atomic E-state index is -3.62. The van der Waals surface area contributed by atoms with Crippen LogP contribution in [0.25, 0.3) is 0 Å². The molecule has 0 aliphatic carbocycles. The molecule has 0 saturated carbocycles. The number of halogens is 1. The molecule has 2 rings (SSSR count). The third kappa shape index (κ3) is 2.66. The van der Waals surface area contributed by atoms with Crippen molar-refractivity contribution in [2.24, 2.45) is 0 Å². The molecular weight excluding hydrogens is 276 g/mol. The van der Waals surface area contributed by atoms with Crippen molar-refractivity contribution in [2.75, 3.05) is 13.1 Å². The SMILES string of the molecule is CC1(O)CCN(S(=O)(=O)c2cnccc2Cl)CC1. The quantitative estimate of drug-likeness (QED) is 0.890. The minimum absolute atomic E-state index is 0.0215. The number of rotatable bonds is 2. The Labute approximate surface area is 111 Å². The first-order chi connectivity index (χ1) is 8.33. The van der Waals surface area contributed by atoms with Gasteiger partial charge in [0.1, 0.15) is 4.90 Å². The van der Waals surface area contributed by atoms with Crippen molar-refractivity contribution in [3.63, 3.8) is 0 Å². The van der Waals surface area contributed by atoms with Crippen LogP contribution < -0.4 is 0 Å². The normalized spacial score (nSPS) is 20.8. The van der Waals surface area contributed by atoms with Gasteiger partial charge in [-0.1, -0.05) is 11.6 Å². The van der Waals surface area contributed by atoms with Gasteiger partial charge >= 0.3 is 0 Å². The molecule has 0 atom stereocenters. The highest BCUT2D eigenvalue weighted by Gasteiger charge is 2.34. The third-order valence-electron chi connectivity index (χ3n) is 3.15. The molecule has 1 saturated heterocycles. The molecule has 100 valence electrons. The topological polar surface area (TPSA) is 70.5 Å². The maximum Gasteiger partial charge on any atom is 0.246 e. The second-order valence-electron chi connectivity index (χ2n) is 4.71. The average Bonchev–Trinajstić information content (AvgIpc) is 2.28. The third-order valence-corrected chi connectivity index (χ3v) is 5.52. The Morgan fingerprint density at radius 2 is 2.06 bits per heavy atom. The molecule has 1 aliphatic heterocycles. The highest BCUT2D eigenvalue weighted by atomic mass is 35.5. The van der Waals surface area contributed by atoms with Crippen LogP contribution in [0.4, 0.5) is 0 Å². The fourth-order valence-electron chi connectivity index (χ4n) is 1.90. The smallest absolute Gasteiger partial charge is 0.246 e. The number of pyridine rings is 1. The van der Waals surface area contributed by atoms with Gasteiger partial charge in [-0.25, -0.2) is 8.42 Å². The monoisotopic (exact) mass is 290 g/mol. The molecular formula is C11H15ClN2O3S. The average molecular weight is 291 g/mol. The highest BCUT2D eigenvalue weighted by Crippen LogP contribution is 2.28. The largest absolute Gasteiger partial charge is 0.390 e. The van der Waals surface area contributed by atoms with Gasteiger partial charge in [0.2, 0.25) is 10.0 Å². The van der Waals surface area contributed by atoms with Crippen molar-refractivity contribution in [1.82, 2.24) is 9.29 Å². The van der Waals surface area contributed by atoms with E-state index >= 15 is 0 Å². The first-order valence-corrected chi connectivity index (χ1v) is 7.47. The van der Waals surface area contributed by atoms with Gasteiger partial charge in [0, 0.05) is 25.5 Å². The van der Waals surface area contributed by atoms with E-state index in [1.165, 1.54) is 22.8 Å². The van der Waals surface area contributed by atoms with Gasteiger partial charge in [0.15, 0.2) is 0 Å². The van der Waals surface area contributed by atoms with Gasteiger partial charge in [-0.3, -0.25) is 4.98 Å². The van der Waals surface area contributed by atoms with Gasteiger partial charge < -0.3 is 5.11 Å². The second-order valence-corrected chi connectivity index (χ2v) is 7.02. The van der Waals surface area contributed by atoms with Crippen molar-refractivity contribution in [1.29, 1.82) is 0 Å². The van der Waals surface area contributed by atoms with E-state index in [0.717, 1.165) is 0 Å². The lowest BCUT2D eigenvalue weighted by Gasteiger charge is -2.34. The van der Waals surface area contributed by atoms with E-state index in [4.69, 9.17) is 11.6 Å². The molecule has 5 nitrogen and oxygen atoms in total. The number of hydrogen-bond donors (Lipinski definition) is 1. The van der Waals surface area contributed by atoms with Crippen LogP contribution >= 0.6 is 11.6 Å². The van der Waals surface area contributed by atoms with Crippen LogP contribution in [0, 0.1) is 0 Å². The van der Waals surface area contributed by atoms with Crippen LogP contribution in [0.1, 0.15) is 19.8 Å². The molecule has 1 aromatic heterocycles. The van der Waals surface area contributed by atoms with Gasteiger partial charge in [-0.05, 0) is 25.8 Å². The summed E-state index contributed by atoms with van der Waals surface area (Å²) in [5.41, 5.74) is -0.787. The van der Waals surface area contributed by atoms with Crippen molar-refractivity contribution >= 4 is 21.6 Å². The van der Waals surface area contributed by atoms with E-state index in [1.54, 1.807) is 6.92 Å². The van der Waals surface area contributed by atoms with Gasteiger partial charge in [-0.15, -0.1) is 0 Å². The Hall–Kier alpha value is -0.690. The van der Waals surface area contributed by atoms with E-state index in [-0.39, 0.29) is 9.92 Å². The Morgan fingerprint density at radius 3 is 2.61 bits per heavy atom. The molecule has 0 radical (unpaired) electrons.